The predicted molar refractivity (Wildman–Crippen MR) is 117 cm³/mol. The van der Waals surface area contributed by atoms with Crippen molar-refractivity contribution in [3.63, 3.8) is 0 Å². The van der Waals surface area contributed by atoms with Crippen molar-refractivity contribution < 1.29 is 19.1 Å². The van der Waals surface area contributed by atoms with Crippen molar-refractivity contribution in [2.45, 2.75) is 6.42 Å². The van der Waals surface area contributed by atoms with Crippen LogP contribution in [0.5, 0.6) is 11.5 Å². The lowest BCUT2D eigenvalue weighted by Crippen LogP contribution is -2.51. The number of hydrogen-bond donors (Lipinski definition) is 0. The molecule has 0 saturated carbocycles. The Labute approximate surface area is 181 Å². The number of amides is 2. The van der Waals surface area contributed by atoms with E-state index in [0.29, 0.717) is 24.6 Å². The van der Waals surface area contributed by atoms with Crippen LogP contribution in [0.25, 0.3) is 6.08 Å². The molecule has 8 heteroatoms. The summed E-state index contributed by atoms with van der Waals surface area (Å²) in [5.41, 5.74) is 1.72. The predicted octanol–water partition coefficient (Wildman–Crippen LogP) is 1.80. The van der Waals surface area contributed by atoms with Crippen LogP contribution in [0.1, 0.15) is 11.1 Å². The lowest BCUT2D eigenvalue weighted by atomic mass is 10.0. The van der Waals surface area contributed by atoms with E-state index in [2.05, 4.69) is 9.88 Å². The van der Waals surface area contributed by atoms with Gasteiger partial charge in [0.25, 0.3) is 0 Å². The Bertz CT molecular complexity index is 985. The van der Waals surface area contributed by atoms with Gasteiger partial charge in [-0.2, -0.15) is 0 Å². The van der Waals surface area contributed by atoms with Crippen LogP contribution in [0.3, 0.4) is 0 Å². The molecule has 1 saturated heterocycles. The van der Waals surface area contributed by atoms with E-state index in [-0.39, 0.29) is 24.8 Å². The number of pyridine rings is 1. The average Bonchev–Trinajstić information content (AvgIpc) is 2.96. The number of methoxy groups -OCH3 is 2. The molecule has 1 aromatic carbocycles. The summed E-state index contributed by atoms with van der Waals surface area (Å²) in [6.45, 7) is 2.68. The van der Waals surface area contributed by atoms with Crippen molar-refractivity contribution in [1.82, 2.24) is 14.8 Å². The van der Waals surface area contributed by atoms with Gasteiger partial charge in [0, 0.05) is 38.6 Å². The van der Waals surface area contributed by atoms with Gasteiger partial charge in [0.2, 0.25) is 11.8 Å². The SMILES string of the molecule is COc1cc2c(cc1OC)CC(=O)N(CC(=O)N1CCN(c3ccccn3)CC1)C=C2. The first-order valence-corrected chi connectivity index (χ1v) is 10.3. The van der Waals surface area contributed by atoms with Crippen LogP contribution < -0.4 is 14.4 Å². The molecular weight excluding hydrogens is 396 g/mol. The van der Waals surface area contributed by atoms with Crippen LogP contribution in [0.2, 0.25) is 0 Å². The molecule has 1 fully saturated rings. The van der Waals surface area contributed by atoms with Crippen molar-refractivity contribution in [2.24, 2.45) is 0 Å². The summed E-state index contributed by atoms with van der Waals surface area (Å²) in [4.78, 5) is 35.5. The minimum Gasteiger partial charge on any atom is -0.493 e. The van der Waals surface area contributed by atoms with Gasteiger partial charge >= 0.3 is 0 Å². The molecular formula is C23H26N4O4. The summed E-state index contributed by atoms with van der Waals surface area (Å²) in [5, 5.41) is 0. The van der Waals surface area contributed by atoms with Crippen molar-refractivity contribution in [3.8, 4) is 11.5 Å². The Morgan fingerprint density at radius 2 is 1.81 bits per heavy atom. The third-order valence-corrected chi connectivity index (χ3v) is 5.65. The van der Waals surface area contributed by atoms with E-state index in [4.69, 9.17) is 9.47 Å². The summed E-state index contributed by atoms with van der Waals surface area (Å²) in [5.74, 6) is 1.93. The first kappa shape index (κ1) is 20.7. The summed E-state index contributed by atoms with van der Waals surface area (Å²) in [6, 6.07) is 9.48. The number of anilines is 1. The van der Waals surface area contributed by atoms with Gasteiger partial charge in [0.1, 0.15) is 12.4 Å². The van der Waals surface area contributed by atoms with Crippen molar-refractivity contribution in [1.29, 1.82) is 0 Å². The number of rotatable bonds is 5. The van der Waals surface area contributed by atoms with E-state index in [1.165, 1.54) is 4.90 Å². The van der Waals surface area contributed by atoms with Crippen LogP contribution in [0.4, 0.5) is 5.82 Å². The highest BCUT2D eigenvalue weighted by atomic mass is 16.5. The second-order valence-electron chi connectivity index (χ2n) is 7.48. The minimum absolute atomic E-state index is 0.0289. The summed E-state index contributed by atoms with van der Waals surface area (Å²) in [6.07, 6.45) is 5.49. The summed E-state index contributed by atoms with van der Waals surface area (Å²) >= 11 is 0. The van der Waals surface area contributed by atoms with E-state index in [1.807, 2.05) is 41.3 Å². The molecule has 2 aliphatic heterocycles. The van der Waals surface area contributed by atoms with Crippen LogP contribution in [-0.2, 0) is 16.0 Å². The van der Waals surface area contributed by atoms with Gasteiger partial charge in [-0.3, -0.25) is 9.59 Å². The standard InChI is InChI=1S/C23H26N4O4/c1-30-19-13-17-6-8-27(22(28)15-18(17)14-20(19)31-2)16-23(29)26-11-9-25(10-12-26)21-5-3-4-7-24-21/h3-8,13-14H,9-12,15-16H2,1-2H3. The van der Waals surface area contributed by atoms with E-state index in [9.17, 15) is 9.59 Å². The molecule has 0 atom stereocenters. The van der Waals surface area contributed by atoms with Gasteiger partial charge in [-0.25, -0.2) is 4.98 Å². The molecule has 162 valence electrons. The zero-order chi connectivity index (χ0) is 21.8. The monoisotopic (exact) mass is 422 g/mol. The highest BCUT2D eigenvalue weighted by molar-refractivity contribution is 5.89. The first-order chi connectivity index (χ1) is 15.1. The molecule has 8 nitrogen and oxygen atoms in total. The Kier molecular flexibility index (Phi) is 6.06. The van der Waals surface area contributed by atoms with E-state index >= 15 is 0 Å². The molecule has 4 rings (SSSR count). The number of fused-ring (bicyclic) bond motifs is 1. The minimum atomic E-state index is -0.123. The maximum atomic E-state index is 12.9. The summed E-state index contributed by atoms with van der Waals surface area (Å²) in [7, 11) is 3.14. The second-order valence-corrected chi connectivity index (χ2v) is 7.48. The molecule has 0 spiro atoms. The van der Waals surface area contributed by atoms with Crippen LogP contribution in [0.15, 0.2) is 42.7 Å². The Morgan fingerprint density at radius 1 is 1.06 bits per heavy atom. The third-order valence-electron chi connectivity index (χ3n) is 5.65. The van der Waals surface area contributed by atoms with Gasteiger partial charge in [-0.1, -0.05) is 6.07 Å². The number of hydrogen-bond acceptors (Lipinski definition) is 6. The molecule has 2 amide bonds. The lowest BCUT2D eigenvalue weighted by molar-refractivity contribution is -0.138. The highest BCUT2D eigenvalue weighted by Crippen LogP contribution is 2.32. The molecule has 1 aromatic heterocycles. The van der Waals surface area contributed by atoms with Crippen LogP contribution >= 0.6 is 0 Å². The quantitative estimate of drug-likeness (QED) is 0.732. The second kappa shape index (κ2) is 9.07. The zero-order valence-corrected chi connectivity index (χ0v) is 17.8. The van der Waals surface area contributed by atoms with Gasteiger partial charge in [0.15, 0.2) is 11.5 Å². The molecule has 0 N–H and O–H groups in total. The number of ether oxygens (including phenoxy) is 2. The summed E-state index contributed by atoms with van der Waals surface area (Å²) < 4.78 is 10.7. The van der Waals surface area contributed by atoms with E-state index in [1.54, 1.807) is 26.6 Å². The third kappa shape index (κ3) is 4.47. The fourth-order valence-corrected chi connectivity index (χ4v) is 3.88. The molecule has 2 aliphatic rings. The van der Waals surface area contributed by atoms with Gasteiger partial charge in [0.05, 0.1) is 20.6 Å². The molecule has 0 aliphatic carbocycles. The molecule has 31 heavy (non-hydrogen) atoms. The maximum absolute atomic E-state index is 12.9. The number of piperazine rings is 1. The van der Waals surface area contributed by atoms with Crippen molar-refractivity contribution in [2.75, 3.05) is 51.8 Å². The normalized spacial score (nSPS) is 16.1. The Hall–Kier alpha value is -3.55. The number of carbonyl (C=O) groups excluding carboxylic acids is 2. The van der Waals surface area contributed by atoms with Crippen molar-refractivity contribution in [3.05, 3.63) is 53.9 Å². The van der Waals surface area contributed by atoms with E-state index in [0.717, 1.165) is 30.0 Å². The fraction of sp³-hybridized carbons (Fsp3) is 0.348. The maximum Gasteiger partial charge on any atom is 0.242 e. The Balaban J connectivity index is 1.39. The zero-order valence-electron chi connectivity index (χ0n) is 17.8. The number of carbonyl (C=O) groups is 2. The number of nitrogens with zero attached hydrogens (tertiary/aromatic N) is 4. The van der Waals surface area contributed by atoms with E-state index < -0.39 is 0 Å². The lowest BCUT2D eigenvalue weighted by Gasteiger charge is -2.36. The van der Waals surface area contributed by atoms with Gasteiger partial charge < -0.3 is 24.2 Å². The average molecular weight is 422 g/mol. The molecule has 3 heterocycles. The highest BCUT2D eigenvalue weighted by Gasteiger charge is 2.26. The molecule has 0 bridgehead atoms. The van der Waals surface area contributed by atoms with Gasteiger partial charge in [-0.15, -0.1) is 0 Å². The van der Waals surface area contributed by atoms with Crippen LogP contribution in [0, 0.1) is 0 Å². The van der Waals surface area contributed by atoms with Crippen molar-refractivity contribution >= 4 is 23.7 Å². The van der Waals surface area contributed by atoms with Gasteiger partial charge in [-0.05, 0) is 41.5 Å². The Morgan fingerprint density at radius 3 is 2.48 bits per heavy atom. The fourth-order valence-electron chi connectivity index (χ4n) is 3.88. The number of benzene rings is 1. The first-order valence-electron chi connectivity index (χ1n) is 10.3. The number of aromatic nitrogens is 1. The topological polar surface area (TPSA) is 75.2 Å². The molecule has 0 unspecified atom stereocenters. The van der Waals surface area contributed by atoms with Crippen LogP contribution in [-0.4, -0.2) is 73.5 Å². The largest absolute Gasteiger partial charge is 0.493 e. The molecule has 2 aromatic rings. The molecule has 0 radical (unpaired) electrons. The smallest absolute Gasteiger partial charge is 0.242 e.